The number of amides is 1. The zero-order valence-electron chi connectivity index (χ0n) is 15.3. The molecule has 148 valence electrons. The Hall–Kier alpha value is -3.02. The first-order valence-corrected chi connectivity index (χ1v) is 8.94. The molecular formula is C19H20F3N5O. The molecule has 0 aliphatic heterocycles. The van der Waals surface area contributed by atoms with Crippen LogP contribution in [0.5, 0.6) is 0 Å². The van der Waals surface area contributed by atoms with E-state index < -0.39 is 11.7 Å². The van der Waals surface area contributed by atoms with Crippen LogP contribution in [-0.4, -0.2) is 27.8 Å². The minimum absolute atomic E-state index is 0.0128. The van der Waals surface area contributed by atoms with Crippen LogP contribution in [-0.2, 0) is 13.2 Å². The van der Waals surface area contributed by atoms with Crippen molar-refractivity contribution in [1.29, 1.82) is 5.26 Å². The topological polar surface area (TPSA) is 82.7 Å². The molecule has 0 radical (unpaired) electrons. The van der Waals surface area contributed by atoms with Crippen LogP contribution < -0.4 is 10.6 Å². The molecular weight excluding hydrogens is 371 g/mol. The number of hydrogen-bond donors (Lipinski definition) is 2. The summed E-state index contributed by atoms with van der Waals surface area (Å²) in [4.78, 5) is 12.2. The van der Waals surface area contributed by atoms with E-state index in [-0.39, 0.29) is 23.6 Å². The van der Waals surface area contributed by atoms with E-state index in [9.17, 15) is 18.0 Å². The number of benzene rings is 1. The lowest BCUT2D eigenvalue weighted by Crippen LogP contribution is -2.40. The van der Waals surface area contributed by atoms with E-state index >= 15 is 0 Å². The number of carbonyl (C=O) groups is 1. The Bertz CT molecular complexity index is 892. The van der Waals surface area contributed by atoms with Crippen LogP contribution in [0.3, 0.4) is 0 Å². The van der Waals surface area contributed by atoms with Gasteiger partial charge in [0.2, 0.25) is 0 Å². The molecule has 6 nitrogen and oxygen atoms in total. The Labute approximate surface area is 160 Å². The van der Waals surface area contributed by atoms with Gasteiger partial charge in [-0.25, -0.2) is 0 Å². The number of nitrogens with zero attached hydrogens (tertiary/aromatic N) is 3. The average Bonchev–Trinajstić information content (AvgIpc) is 3.08. The fourth-order valence-electron chi connectivity index (χ4n) is 3.44. The van der Waals surface area contributed by atoms with Gasteiger partial charge in [-0.15, -0.1) is 0 Å². The molecule has 0 spiro atoms. The van der Waals surface area contributed by atoms with Crippen LogP contribution in [0.15, 0.2) is 30.5 Å². The van der Waals surface area contributed by atoms with Crippen molar-refractivity contribution in [3.8, 4) is 6.07 Å². The number of nitrogens with one attached hydrogen (secondary N) is 2. The molecule has 1 aliphatic rings. The summed E-state index contributed by atoms with van der Waals surface area (Å²) in [5, 5.41) is 18.9. The quantitative estimate of drug-likeness (QED) is 0.836. The van der Waals surface area contributed by atoms with Crippen LogP contribution >= 0.6 is 0 Å². The lowest BCUT2D eigenvalue weighted by molar-refractivity contribution is -0.137. The molecule has 0 saturated heterocycles. The Kier molecular flexibility index (Phi) is 5.58. The summed E-state index contributed by atoms with van der Waals surface area (Å²) in [6.45, 7) is 0. The van der Waals surface area contributed by atoms with Crippen LogP contribution in [0.25, 0.3) is 0 Å². The normalized spacial score (nSPS) is 19.7. The Balaban J connectivity index is 1.57. The lowest BCUT2D eigenvalue weighted by Gasteiger charge is -2.30. The van der Waals surface area contributed by atoms with Gasteiger partial charge in [0, 0.05) is 31.0 Å². The van der Waals surface area contributed by atoms with Crippen LogP contribution in [0, 0.1) is 11.3 Å². The number of rotatable bonds is 4. The third kappa shape index (κ3) is 4.44. The van der Waals surface area contributed by atoms with Crippen molar-refractivity contribution in [2.75, 3.05) is 5.32 Å². The first-order chi connectivity index (χ1) is 13.3. The minimum atomic E-state index is -4.57. The van der Waals surface area contributed by atoms with Gasteiger partial charge in [-0.1, -0.05) is 0 Å². The minimum Gasteiger partial charge on any atom is -0.382 e. The zero-order chi connectivity index (χ0) is 20.3. The van der Waals surface area contributed by atoms with E-state index in [2.05, 4.69) is 15.7 Å². The highest BCUT2D eigenvalue weighted by molar-refractivity contribution is 5.92. The highest BCUT2D eigenvalue weighted by atomic mass is 19.4. The predicted molar refractivity (Wildman–Crippen MR) is 96.5 cm³/mol. The Morgan fingerprint density at radius 1 is 1.21 bits per heavy atom. The van der Waals surface area contributed by atoms with E-state index in [4.69, 9.17) is 5.26 Å². The average molecular weight is 391 g/mol. The summed E-state index contributed by atoms with van der Waals surface area (Å²) in [6.07, 6.45) is -0.123. The molecule has 1 aliphatic carbocycles. The highest BCUT2D eigenvalue weighted by Crippen LogP contribution is 2.34. The van der Waals surface area contributed by atoms with Gasteiger partial charge in [-0.05, 0) is 49.9 Å². The molecule has 1 aromatic heterocycles. The molecule has 1 fully saturated rings. The van der Waals surface area contributed by atoms with E-state index in [0.29, 0.717) is 11.4 Å². The zero-order valence-corrected chi connectivity index (χ0v) is 15.3. The monoisotopic (exact) mass is 391 g/mol. The van der Waals surface area contributed by atoms with Gasteiger partial charge in [-0.2, -0.15) is 23.5 Å². The van der Waals surface area contributed by atoms with Crippen LogP contribution in [0.1, 0.15) is 47.3 Å². The molecule has 1 heterocycles. The molecule has 1 saturated carbocycles. The Morgan fingerprint density at radius 3 is 2.46 bits per heavy atom. The van der Waals surface area contributed by atoms with Gasteiger partial charge in [0.05, 0.1) is 17.2 Å². The lowest BCUT2D eigenvalue weighted by atomic mass is 9.90. The maximum atomic E-state index is 13.1. The van der Waals surface area contributed by atoms with Gasteiger partial charge in [0.25, 0.3) is 5.91 Å². The summed E-state index contributed by atoms with van der Waals surface area (Å²) in [6, 6.07) is 6.91. The van der Waals surface area contributed by atoms with Gasteiger partial charge in [-0.3, -0.25) is 9.48 Å². The number of carbonyl (C=O) groups excluding carboxylic acids is 1. The number of nitriles is 1. The molecule has 1 aromatic carbocycles. The third-order valence-electron chi connectivity index (χ3n) is 4.93. The van der Waals surface area contributed by atoms with E-state index in [1.54, 1.807) is 25.4 Å². The van der Waals surface area contributed by atoms with Crippen molar-refractivity contribution < 1.29 is 18.0 Å². The number of halogens is 3. The van der Waals surface area contributed by atoms with Crippen LogP contribution in [0.4, 0.5) is 18.9 Å². The number of aromatic nitrogens is 2. The standard InChI is InChI=1S/C19H20F3N5O/c1-27-17(8-9-24-27)18(28)26-14-6-4-13(5-7-14)25-15-3-2-12(11-23)16(10-15)19(20,21)22/h2-3,8-10,13-14,25H,4-7H2,1H3,(H,26,28). The van der Waals surface area contributed by atoms with Crippen molar-refractivity contribution in [1.82, 2.24) is 15.1 Å². The van der Waals surface area contributed by atoms with Crippen LogP contribution in [0.2, 0.25) is 0 Å². The SMILES string of the molecule is Cn1nccc1C(=O)NC1CCC(Nc2ccc(C#N)c(C(F)(F)F)c2)CC1. The fourth-order valence-corrected chi connectivity index (χ4v) is 3.44. The first kappa shape index (κ1) is 19.7. The number of anilines is 1. The summed E-state index contributed by atoms with van der Waals surface area (Å²) in [5.74, 6) is -0.182. The molecule has 0 unspecified atom stereocenters. The third-order valence-corrected chi connectivity index (χ3v) is 4.93. The molecule has 0 atom stereocenters. The maximum Gasteiger partial charge on any atom is 0.417 e. The summed E-state index contributed by atoms with van der Waals surface area (Å²) in [7, 11) is 1.70. The number of aryl methyl sites for hydroxylation is 1. The van der Waals surface area contributed by atoms with Crippen molar-refractivity contribution in [2.24, 2.45) is 7.05 Å². The second-order valence-electron chi connectivity index (χ2n) is 6.88. The Morgan fingerprint density at radius 2 is 1.89 bits per heavy atom. The predicted octanol–water partition coefficient (Wildman–Crippen LogP) is 3.46. The van der Waals surface area contributed by atoms with Crippen molar-refractivity contribution >= 4 is 11.6 Å². The van der Waals surface area contributed by atoms with Gasteiger partial charge < -0.3 is 10.6 Å². The molecule has 2 aromatic rings. The van der Waals surface area contributed by atoms with Gasteiger partial charge >= 0.3 is 6.18 Å². The van der Waals surface area contributed by atoms with Gasteiger partial charge in [0.1, 0.15) is 5.69 Å². The summed E-state index contributed by atoms with van der Waals surface area (Å²) < 4.78 is 40.8. The van der Waals surface area contributed by atoms with E-state index in [0.717, 1.165) is 31.7 Å². The maximum absolute atomic E-state index is 13.1. The largest absolute Gasteiger partial charge is 0.417 e. The molecule has 1 amide bonds. The first-order valence-electron chi connectivity index (χ1n) is 8.94. The van der Waals surface area contributed by atoms with Crippen molar-refractivity contribution in [2.45, 2.75) is 43.9 Å². The van der Waals surface area contributed by atoms with E-state index in [1.165, 1.54) is 16.8 Å². The number of hydrogen-bond acceptors (Lipinski definition) is 4. The molecule has 3 rings (SSSR count). The van der Waals surface area contributed by atoms with Gasteiger partial charge in [0.15, 0.2) is 0 Å². The number of alkyl halides is 3. The molecule has 2 N–H and O–H groups in total. The van der Waals surface area contributed by atoms with E-state index in [1.807, 2.05) is 0 Å². The second-order valence-corrected chi connectivity index (χ2v) is 6.88. The second kappa shape index (κ2) is 7.92. The molecule has 0 bridgehead atoms. The van der Waals surface area contributed by atoms with Crippen molar-refractivity contribution in [3.63, 3.8) is 0 Å². The fraction of sp³-hybridized carbons (Fsp3) is 0.421. The molecule has 9 heteroatoms. The smallest absolute Gasteiger partial charge is 0.382 e. The molecule has 28 heavy (non-hydrogen) atoms. The summed E-state index contributed by atoms with van der Waals surface area (Å²) >= 11 is 0. The van der Waals surface area contributed by atoms with Crippen molar-refractivity contribution in [3.05, 3.63) is 47.3 Å². The summed E-state index contributed by atoms with van der Waals surface area (Å²) in [5.41, 5.74) is -0.497. The highest BCUT2D eigenvalue weighted by Gasteiger charge is 2.34.